The smallest absolute Gasteiger partial charge is 0.0853 e. The van der Waals surface area contributed by atoms with Crippen LogP contribution in [0.1, 0.15) is 24.8 Å². The first-order valence-corrected chi connectivity index (χ1v) is 5.72. The van der Waals surface area contributed by atoms with E-state index in [-0.39, 0.29) is 5.50 Å². The maximum Gasteiger partial charge on any atom is 0.0853 e. The molecule has 0 radical (unpaired) electrons. The van der Waals surface area contributed by atoms with E-state index in [1.54, 1.807) is 0 Å². The summed E-state index contributed by atoms with van der Waals surface area (Å²) in [6.07, 6.45) is 3.70. The van der Waals surface area contributed by atoms with Crippen molar-refractivity contribution in [3.05, 3.63) is 35.9 Å². The molecule has 2 rings (SSSR count). The molecule has 0 aliphatic carbocycles. The number of hydrogen-bond donors (Lipinski definition) is 0. The second-order valence-corrected chi connectivity index (χ2v) is 4.39. The van der Waals surface area contributed by atoms with Gasteiger partial charge in [0.15, 0.2) is 0 Å². The molecular weight excluding hydrogens is 194 g/mol. The number of nitrogens with zero attached hydrogens (tertiary/aromatic N) is 1. The van der Waals surface area contributed by atoms with Crippen molar-refractivity contribution in [3.8, 4) is 0 Å². The lowest BCUT2D eigenvalue weighted by atomic mass is 10.1. The quantitative estimate of drug-likeness (QED) is 0.534. The molecule has 1 fully saturated rings. The third kappa shape index (κ3) is 2.49. The lowest BCUT2D eigenvalue weighted by Gasteiger charge is -2.31. The number of alkyl halides is 1. The Morgan fingerprint density at radius 2 is 2.00 bits per heavy atom. The molecule has 0 aromatic heterocycles. The monoisotopic (exact) mass is 209 g/mol. The molecule has 76 valence electrons. The van der Waals surface area contributed by atoms with E-state index in [9.17, 15) is 0 Å². The largest absolute Gasteiger partial charge is 0.283 e. The van der Waals surface area contributed by atoms with Crippen LogP contribution in [0.5, 0.6) is 0 Å². The summed E-state index contributed by atoms with van der Waals surface area (Å²) in [6.45, 7) is 2.14. The number of likely N-dealkylation sites (tertiary alicyclic amines) is 1. The molecule has 1 unspecified atom stereocenters. The Morgan fingerprint density at radius 1 is 1.21 bits per heavy atom. The normalized spacial score (nSPS) is 23.6. The predicted molar refractivity (Wildman–Crippen MR) is 60.3 cm³/mol. The Bertz CT molecular complexity index is 273. The highest BCUT2D eigenvalue weighted by Gasteiger charge is 2.19. The standard InChI is InChI=1S/C12H16ClN/c13-12-8-4-5-9-14(12)10-11-6-2-1-3-7-11/h1-3,6-7,12H,4-5,8-10H2. The minimum absolute atomic E-state index is 0.240. The van der Waals surface area contributed by atoms with E-state index in [0.717, 1.165) is 19.5 Å². The molecule has 0 amide bonds. The molecule has 1 aromatic rings. The van der Waals surface area contributed by atoms with Gasteiger partial charge >= 0.3 is 0 Å². The van der Waals surface area contributed by atoms with Gasteiger partial charge in [-0.3, -0.25) is 4.90 Å². The fraction of sp³-hybridized carbons (Fsp3) is 0.500. The summed E-state index contributed by atoms with van der Waals surface area (Å²) in [5, 5.41) is 0. The molecule has 0 bridgehead atoms. The molecule has 2 heteroatoms. The van der Waals surface area contributed by atoms with Gasteiger partial charge in [0.25, 0.3) is 0 Å². The highest BCUT2D eigenvalue weighted by molar-refractivity contribution is 6.20. The number of hydrogen-bond acceptors (Lipinski definition) is 1. The zero-order chi connectivity index (χ0) is 9.80. The van der Waals surface area contributed by atoms with Crippen molar-refractivity contribution < 1.29 is 0 Å². The molecule has 0 spiro atoms. The average Bonchev–Trinajstić information content (AvgIpc) is 2.23. The molecule has 1 nitrogen and oxygen atoms in total. The molecule has 0 saturated carbocycles. The van der Waals surface area contributed by atoms with E-state index in [1.807, 2.05) is 0 Å². The SMILES string of the molecule is ClC1CCCCN1Cc1ccccc1. The van der Waals surface area contributed by atoms with Gasteiger partial charge in [-0.25, -0.2) is 0 Å². The van der Waals surface area contributed by atoms with Gasteiger partial charge in [0.2, 0.25) is 0 Å². The van der Waals surface area contributed by atoms with Crippen molar-refractivity contribution in [3.63, 3.8) is 0 Å². The first kappa shape index (κ1) is 10.0. The van der Waals surface area contributed by atoms with E-state index in [1.165, 1.54) is 18.4 Å². The van der Waals surface area contributed by atoms with E-state index >= 15 is 0 Å². The number of piperidine rings is 1. The predicted octanol–water partition coefficient (Wildman–Crippen LogP) is 3.24. The minimum atomic E-state index is 0.240. The molecule has 1 heterocycles. The van der Waals surface area contributed by atoms with Gasteiger partial charge in [-0.2, -0.15) is 0 Å². The molecular formula is C12H16ClN. The third-order valence-corrected chi connectivity index (χ3v) is 3.26. The second-order valence-electron chi connectivity index (χ2n) is 3.89. The van der Waals surface area contributed by atoms with Crippen LogP contribution in [0.4, 0.5) is 0 Å². The van der Waals surface area contributed by atoms with Crippen LogP contribution in [0.25, 0.3) is 0 Å². The van der Waals surface area contributed by atoms with Crippen LogP contribution in [0.2, 0.25) is 0 Å². The maximum absolute atomic E-state index is 6.26. The van der Waals surface area contributed by atoms with Gasteiger partial charge < -0.3 is 0 Å². The number of rotatable bonds is 2. The molecule has 1 aliphatic heterocycles. The van der Waals surface area contributed by atoms with Gasteiger partial charge in [-0.1, -0.05) is 30.3 Å². The van der Waals surface area contributed by atoms with Gasteiger partial charge in [0, 0.05) is 6.54 Å². The zero-order valence-corrected chi connectivity index (χ0v) is 9.08. The fourth-order valence-electron chi connectivity index (χ4n) is 1.95. The van der Waals surface area contributed by atoms with E-state index < -0.39 is 0 Å². The molecule has 1 aliphatic rings. The molecule has 14 heavy (non-hydrogen) atoms. The lowest BCUT2D eigenvalue weighted by Crippen LogP contribution is -2.35. The van der Waals surface area contributed by atoms with E-state index in [0.29, 0.717) is 0 Å². The molecule has 1 saturated heterocycles. The van der Waals surface area contributed by atoms with Crippen molar-refractivity contribution in [2.75, 3.05) is 6.54 Å². The van der Waals surface area contributed by atoms with Crippen LogP contribution in [0.3, 0.4) is 0 Å². The summed E-state index contributed by atoms with van der Waals surface area (Å²) in [6, 6.07) is 10.6. The van der Waals surface area contributed by atoms with Gasteiger partial charge in [-0.15, -0.1) is 11.6 Å². The lowest BCUT2D eigenvalue weighted by molar-refractivity contribution is 0.193. The van der Waals surface area contributed by atoms with Crippen molar-refractivity contribution in [2.24, 2.45) is 0 Å². The van der Waals surface area contributed by atoms with Crippen molar-refractivity contribution >= 4 is 11.6 Å². The zero-order valence-electron chi connectivity index (χ0n) is 8.32. The maximum atomic E-state index is 6.26. The second kappa shape index (κ2) is 4.81. The average molecular weight is 210 g/mol. The highest BCUT2D eigenvalue weighted by Crippen LogP contribution is 2.21. The van der Waals surface area contributed by atoms with E-state index in [4.69, 9.17) is 11.6 Å². The topological polar surface area (TPSA) is 3.24 Å². The van der Waals surface area contributed by atoms with Gasteiger partial charge in [0.1, 0.15) is 0 Å². The first-order chi connectivity index (χ1) is 6.86. The summed E-state index contributed by atoms with van der Waals surface area (Å²) in [5.74, 6) is 0. The van der Waals surface area contributed by atoms with Crippen molar-refractivity contribution in [1.29, 1.82) is 0 Å². The third-order valence-electron chi connectivity index (χ3n) is 2.76. The van der Waals surface area contributed by atoms with Crippen molar-refractivity contribution in [2.45, 2.75) is 31.3 Å². The van der Waals surface area contributed by atoms with Crippen LogP contribution in [-0.4, -0.2) is 16.9 Å². The molecule has 1 atom stereocenters. The van der Waals surface area contributed by atoms with Crippen LogP contribution in [0.15, 0.2) is 30.3 Å². The minimum Gasteiger partial charge on any atom is -0.283 e. The summed E-state index contributed by atoms with van der Waals surface area (Å²) in [4.78, 5) is 2.36. The van der Waals surface area contributed by atoms with Crippen LogP contribution >= 0.6 is 11.6 Å². The van der Waals surface area contributed by atoms with Crippen LogP contribution in [0, 0.1) is 0 Å². The van der Waals surface area contributed by atoms with Crippen molar-refractivity contribution in [1.82, 2.24) is 4.90 Å². The summed E-state index contributed by atoms with van der Waals surface area (Å²) < 4.78 is 0. The number of halogens is 1. The fourth-order valence-corrected chi connectivity index (χ4v) is 2.27. The number of benzene rings is 1. The van der Waals surface area contributed by atoms with E-state index in [2.05, 4.69) is 35.2 Å². The Hall–Kier alpha value is -0.530. The molecule has 0 N–H and O–H groups in total. The molecule has 1 aromatic carbocycles. The first-order valence-electron chi connectivity index (χ1n) is 5.28. The Morgan fingerprint density at radius 3 is 2.71 bits per heavy atom. The van der Waals surface area contributed by atoms with Crippen LogP contribution < -0.4 is 0 Å². The Labute approximate surface area is 90.7 Å². The highest BCUT2D eigenvalue weighted by atomic mass is 35.5. The summed E-state index contributed by atoms with van der Waals surface area (Å²) in [7, 11) is 0. The Balaban J connectivity index is 1.96. The Kier molecular flexibility index (Phi) is 3.44. The van der Waals surface area contributed by atoms with Crippen LogP contribution in [-0.2, 0) is 6.54 Å². The summed E-state index contributed by atoms with van der Waals surface area (Å²) >= 11 is 6.26. The summed E-state index contributed by atoms with van der Waals surface area (Å²) in [5.41, 5.74) is 1.60. The van der Waals surface area contributed by atoms with Gasteiger partial charge in [0.05, 0.1) is 5.50 Å². The van der Waals surface area contributed by atoms with Gasteiger partial charge in [-0.05, 0) is 31.4 Å².